The zero-order valence-electron chi connectivity index (χ0n) is 16.8. The Kier molecular flexibility index (Phi) is 6.75. The fourth-order valence-electron chi connectivity index (χ4n) is 3.67. The molecule has 0 nitrogen and oxygen atoms in total. The smallest absolute Gasteiger partial charge is 0 e. The van der Waals surface area contributed by atoms with Crippen molar-refractivity contribution in [3.8, 4) is 22.3 Å². The number of rotatable bonds is 3. The Morgan fingerprint density at radius 1 is 0.714 bits per heavy atom. The molecule has 0 amide bonds. The Morgan fingerprint density at radius 2 is 1.29 bits per heavy atom. The molecule has 137 valence electrons. The molecule has 0 aromatic heterocycles. The molecule has 0 N–H and O–H groups in total. The first kappa shape index (κ1) is 20.8. The molecule has 0 aliphatic heterocycles. The third-order valence-electron chi connectivity index (χ3n) is 5.27. The van der Waals surface area contributed by atoms with Crippen LogP contribution in [0.1, 0.15) is 23.6 Å². The van der Waals surface area contributed by atoms with Gasteiger partial charge in [0.25, 0.3) is 0 Å². The van der Waals surface area contributed by atoms with E-state index in [2.05, 4.69) is 112 Å². The standard InChI is InChI=1S/C27H25.Y/c1-19-5-4-6-26(17-19)24-11-9-22(10-12-24)23-13-15-25(16-14-23)27-18-20(2)7-8-21(27)3;/h4-19H,1-3H3;/q-1;. The van der Waals surface area contributed by atoms with E-state index in [1.807, 2.05) is 0 Å². The molecule has 1 aliphatic carbocycles. The minimum Gasteiger partial charge on any atom is -0.227 e. The van der Waals surface area contributed by atoms with Crippen LogP contribution in [0.15, 0.2) is 85.0 Å². The van der Waals surface area contributed by atoms with Crippen molar-refractivity contribution in [3.05, 3.63) is 108 Å². The SMILES string of the molecule is Cc1ccc(C)c(-c2ccc(-c3ccc(C4=CC(C)[CH-]C=C4)cc3)cc2)c1.[Y]. The molecule has 0 heterocycles. The van der Waals surface area contributed by atoms with Gasteiger partial charge in [0.1, 0.15) is 0 Å². The van der Waals surface area contributed by atoms with E-state index in [9.17, 15) is 0 Å². The first-order chi connectivity index (χ1) is 13.1. The maximum Gasteiger partial charge on any atom is 0 e. The van der Waals surface area contributed by atoms with Crippen LogP contribution >= 0.6 is 0 Å². The monoisotopic (exact) mass is 438 g/mol. The number of allylic oxidation sites excluding steroid dienone is 4. The second-order valence-electron chi connectivity index (χ2n) is 7.51. The molecule has 3 aromatic carbocycles. The van der Waals surface area contributed by atoms with Crippen molar-refractivity contribution < 1.29 is 32.7 Å². The molecule has 1 unspecified atom stereocenters. The van der Waals surface area contributed by atoms with Gasteiger partial charge in [0, 0.05) is 32.7 Å². The largest absolute Gasteiger partial charge is 0.227 e. The second kappa shape index (κ2) is 9.08. The van der Waals surface area contributed by atoms with E-state index in [-0.39, 0.29) is 32.7 Å². The van der Waals surface area contributed by atoms with Gasteiger partial charge in [-0.3, -0.25) is 0 Å². The van der Waals surface area contributed by atoms with Crippen LogP contribution in [0, 0.1) is 26.2 Å². The summed E-state index contributed by atoms with van der Waals surface area (Å²) in [6.07, 6.45) is 8.87. The summed E-state index contributed by atoms with van der Waals surface area (Å²) >= 11 is 0. The Bertz CT molecular complexity index is 1010. The van der Waals surface area contributed by atoms with Crippen LogP contribution in [0.3, 0.4) is 0 Å². The van der Waals surface area contributed by atoms with Gasteiger partial charge < -0.3 is 0 Å². The summed E-state index contributed by atoms with van der Waals surface area (Å²) in [4.78, 5) is 0. The summed E-state index contributed by atoms with van der Waals surface area (Å²) in [5, 5.41) is 0. The number of hydrogen-bond acceptors (Lipinski definition) is 0. The summed E-state index contributed by atoms with van der Waals surface area (Å²) in [7, 11) is 0. The molecule has 1 atom stereocenters. The maximum atomic E-state index is 2.31. The van der Waals surface area contributed by atoms with Gasteiger partial charge in [-0.2, -0.15) is 0 Å². The Labute approximate surface area is 194 Å². The van der Waals surface area contributed by atoms with E-state index >= 15 is 0 Å². The molecular weight excluding hydrogens is 413 g/mol. The van der Waals surface area contributed by atoms with Crippen molar-refractivity contribution in [1.29, 1.82) is 0 Å². The van der Waals surface area contributed by atoms with Crippen LogP contribution in [-0.4, -0.2) is 0 Å². The average molecular weight is 438 g/mol. The zero-order valence-corrected chi connectivity index (χ0v) is 19.7. The molecule has 0 fully saturated rings. The third kappa shape index (κ3) is 4.57. The first-order valence-corrected chi connectivity index (χ1v) is 9.62. The zero-order chi connectivity index (χ0) is 18.8. The molecule has 1 heteroatoms. The van der Waals surface area contributed by atoms with Gasteiger partial charge >= 0.3 is 0 Å². The number of aryl methyl sites for hydroxylation is 2. The number of hydrogen-bond donors (Lipinski definition) is 0. The van der Waals surface area contributed by atoms with E-state index in [1.54, 1.807) is 0 Å². The van der Waals surface area contributed by atoms with Crippen molar-refractivity contribution in [1.82, 2.24) is 0 Å². The Morgan fingerprint density at radius 3 is 1.89 bits per heavy atom. The summed E-state index contributed by atoms with van der Waals surface area (Å²) in [5.74, 6) is 0.502. The minimum atomic E-state index is 0. The molecule has 1 radical (unpaired) electrons. The molecule has 4 rings (SSSR count). The summed E-state index contributed by atoms with van der Waals surface area (Å²) in [6, 6.07) is 24.4. The Hall–Kier alpha value is -1.89. The fraction of sp³-hybridized carbons (Fsp3) is 0.148. The first-order valence-electron chi connectivity index (χ1n) is 9.62. The quantitative estimate of drug-likeness (QED) is 0.373. The van der Waals surface area contributed by atoms with Crippen LogP contribution in [0.2, 0.25) is 0 Å². The average Bonchev–Trinajstić information content (AvgIpc) is 2.70. The summed E-state index contributed by atoms with van der Waals surface area (Å²) in [5.41, 5.74) is 10.3. The molecule has 0 saturated heterocycles. The Balaban J connectivity index is 0.00000225. The molecule has 0 spiro atoms. The van der Waals surface area contributed by atoms with Crippen LogP contribution in [0.5, 0.6) is 0 Å². The molecular formula is C27H25Y-. The topological polar surface area (TPSA) is 0 Å². The van der Waals surface area contributed by atoms with E-state index in [1.165, 1.54) is 44.5 Å². The van der Waals surface area contributed by atoms with Gasteiger partial charge in [0.2, 0.25) is 0 Å². The predicted molar refractivity (Wildman–Crippen MR) is 117 cm³/mol. The summed E-state index contributed by atoms with van der Waals surface area (Å²) < 4.78 is 0. The van der Waals surface area contributed by atoms with Gasteiger partial charge in [-0.1, -0.05) is 85.1 Å². The van der Waals surface area contributed by atoms with Gasteiger partial charge in [-0.25, -0.2) is 18.6 Å². The van der Waals surface area contributed by atoms with Crippen LogP contribution in [0.4, 0.5) is 0 Å². The van der Waals surface area contributed by atoms with Gasteiger partial charge in [-0.05, 0) is 47.2 Å². The van der Waals surface area contributed by atoms with Crippen molar-refractivity contribution in [2.45, 2.75) is 20.8 Å². The van der Waals surface area contributed by atoms with Crippen molar-refractivity contribution in [2.24, 2.45) is 5.92 Å². The van der Waals surface area contributed by atoms with Crippen LogP contribution in [-0.2, 0) is 32.7 Å². The molecule has 0 bridgehead atoms. The molecule has 0 saturated carbocycles. The fourth-order valence-corrected chi connectivity index (χ4v) is 3.67. The van der Waals surface area contributed by atoms with Gasteiger partial charge in [0.15, 0.2) is 0 Å². The van der Waals surface area contributed by atoms with Crippen molar-refractivity contribution >= 4 is 5.57 Å². The van der Waals surface area contributed by atoms with E-state index in [4.69, 9.17) is 0 Å². The number of benzene rings is 3. The second-order valence-corrected chi connectivity index (χ2v) is 7.51. The third-order valence-corrected chi connectivity index (χ3v) is 5.27. The maximum absolute atomic E-state index is 2.31. The van der Waals surface area contributed by atoms with Crippen LogP contribution in [0.25, 0.3) is 27.8 Å². The normalized spacial score (nSPS) is 15.4. The molecule has 3 aromatic rings. The van der Waals surface area contributed by atoms with Crippen LogP contribution < -0.4 is 0 Å². The molecule has 1 aliphatic rings. The van der Waals surface area contributed by atoms with Crippen molar-refractivity contribution in [3.63, 3.8) is 0 Å². The predicted octanol–water partition coefficient (Wildman–Crippen LogP) is 7.43. The summed E-state index contributed by atoms with van der Waals surface area (Å²) in [6.45, 7) is 6.54. The van der Waals surface area contributed by atoms with Crippen molar-refractivity contribution in [2.75, 3.05) is 0 Å². The van der Waals surface area contributed by atoms with E-state index < -0.39 is 0 Å². The van der Waals surface area contributed by atoms with Gasteiger partial charge in [0.05, 0.1) is 0 Å². The van der Waals surface area contributed by atoms with E-state index in [0.29, 0.717) is 5.92 Å². The van der Waals surface area contributed by atoms with E-state index in [0.717, 1.165) is 0 Å². The van der Waals surface area contributed by atoms with Gasteiger partial charge in [-0.15, -0.1) is 11.6 Å². The minimum absolute atomic E-state index is 0. The molecule has 28 heavy (non-hydrogen) atoms.